The van der Waals surface area contributed by atoms with Gasteiger partial charge in [0.05, 0.1) is 5.56 Å². The Hall–Kier alpha value is -1.79. The van der Waals surface area contributed by atoms with Gasteiger partial charge in [-0.1, -0.05) is 6.07 Å². The molecule has 1 rings (SSSR count). The molecule has 1 N–H and O–H groups in total. The molecule has 1 atom stereocenters. The summed E-state index contributed by atoms with van der Waals surface area (Å²) in [6, 6.07) is 3.78. The first-order chi connectivity index (χ1) is 7.80. The van der Waals surface area contributed by atoms with Crippen molar-refractivity contribution in [3.8, 4) is 5.75 Å². The van der Waals surface area contributed by atoms with Crippen LogP contribution in [0.1, 0.15) is 5.56 Å². The molecule has 0 amide bonds. The Morgan fingerprint density at radius 1 is 1.41 bits per heavy atom. The molecule has 3 nitrogen and oxygen atoms in total. The molecule has 1 unspecified atom stereocenters. The van der Waals surface area contributed by atoms with Gasteiger partial charge in [0, 0.05) is 0 Å². The second-order valence-electron chi connectivity index (χ2n) is 3.14. The zero-order valence-electron chi connectivity index (χ0n) is 8.37. The van der Waals surface area contributed by atoms with Crippen molar-refractivity contribution in [1.29, 1.82) is 0 Å². The topological polar surface area (TPSA) is 46.5 Å². The van der Waals surface area contributed by atoms with Gasteiger partial charge < -0.3 is 9.84 Å². The molecule has 0 bridgehead atoms. The van der Waals surface area contributed by atoms with E-state index in [9.17, 15) is 22.4 Å². The molecule has 94 valence electrons. The van der Waals surface area contributed by atoms with Crippen LogP contribution in [0.3, 0.4) is 0 Å². The van der Waals surface area contributed by atoms with E-state index in [1.165, 1.54) is 6.07 Å². The molecule has 0 saturated carbocycles. The minimum absolute atomic E-state index is 0.233. The largest absolute Gasteiger partial charge is 0.490 e. The number of carboxylic acid groups (broad SMARTS) is 1. The van der Waals surface area contributed by atoms with Crippen LogP contribution in [-0.2, 0) is 11.0 Å². The molecule has 0 heterocycles. The summed E-state index contributed by atoms with van der Waals surface area (Å²) in [5, 5.41) is 8.21. The van der Waals surface area contributed by atoms with Crippen molar-refractivity contribution < 1.29 is 32.2 Å². The monoisotopic (exact) mass is 252 g/mol. The number of halogens is 4. The summed E-state index contributed by atoms with van der Waals surface area (Å²) in [7, 11) is 0. The van der Waals surface area contributed by atoms with E-state index in [0.717, 1.165) is 12.1 Å². The molecular formula is C10H8F4O3. The average Bonchev–Trinajstić information content (AvgIpc) is 2.25. The van der Waals surface area contributed by atoms with Crippen LogP contribution in [-0.4, -0.2) is 23.9 Å². The second kappa shape index (κ2) is 5.03. The van der Waals surface area contributed by atoms with Crippen LogP contribution in [0.2, 0.25) is 0 Å². The first kappa shape index (κ1) is 13.3. The molecule has 1 aromatic carbocycles. The van der Waals surface area contributed by atoms with Crippen LogP contribution in [0.4, 0.5) is 17.6 Å². The highest BCUT2D eigenvalue weighted by Crippen LogP contribution is 2.31. The third-order valence-corrected chi connectivity index (χ3v) is 1.83. The van der Waals surface area contributed by atoms with Crippen LogP contribution in [0, 0.1) is 0 Å². The van der Waals surface area contributed by atoms with Crippen molar-refractivity contribution in [2.24, 2.45) is 0 Å². The standard InChI is InChI=1S/C10H8F4O3/c11-8(9(15)16)5-17-7-3-1-2-6(4-7)10(12,13)14/h1-4,8H,5H2,(H,15,16). The Labute approximate surface area is 93.6 Å². The molecule has 7 heteroatoms. The number of carboxylic acids is 1. The van der Waals surface area contributed by atoms with E-state index in [-0.39, 0.29) is 5.75 Å². The smallest absolute Gasteiger partial charge is 0.416 e. The van der Waals surface area contributed by atoms with E-state index < -0.39 is 30.5 Å². The fourth-order valence-corrected chi connectivity index (χ4v) is 1.00. The van der Waals surface area contributed by atoms with Crippen molar-refractivity contribution in [2.75, 3.05) is 6.61 Å². The third kappa shape index (κ3) is 3.93. The second-order valence-corrected chi connectivity index (χ2v) is 3.14. The van der Waals surface area contributed by atoms with Gasteiger partial charge in [-0.15, -0.1) is 0 Å². The van der Waals surface area contributed by atoms with Gasteiger partial charge in [0.2, 0.25) is 6.17 Å². The lowest BCUT2D eigenvalue weighted by atomic mass is 10.2. The molecule has 0 aliphatic carbocycles. The zero-order chi connectivity index (χ0) is 13.1. The van der Waals surface area contributed by atoms with Crippen LogP contribution in [0.25, 0.3) is 0 Å². The lowest BCUT2D eigenvalue weighted by Crippen LogP contribution is -2.22. The number of hydrogen-bond donors (Lipinski definition) is 1. The Balaban J connectivity index is 2.70. The van der Waals surface area contributed by atoms with Gasteiger partial charge in [-0.2, -0.15) is 13.2 Å². The normalized spacial score (nSPS) is 13.2. The number of hydrogen-bond acceptors (Lipinski definition) is 2. The summed E-state index contributed by atoms with van der Waals surface area (Å²) >= 11 is 0. The molecule has 17 heavy (non-hydrogen) atoms. The SMILES string of the molecule is O=C(O)C(F)COc1cccc(C(F)(F)F)c1. The Morgan fingerprint density at radius 3 is 2.59 bits per heavy atom. The maximum absolute atomic E-state index is 12.6. The van der Waals surface area contributed by atoms with Crippen molar-refractivity contribution in [1.82, 2.24) is 0 Å². The van der Waals surface area contributed by atoms with E-state index in [4.69, 9.17) is 5.11 Å². The highest BCUT2D eigenvalue weighted by Gasteiger charge is 2.30. The number of carbonyl (C=O) groups is 1. The molecule has 0 aliphatic heterocycles. The summed E-state index contributed by atoms with van der Waals surface area (Å²) in [5.74, 6) is -1.96. The van der Waals surface area contributed by atoms with Crippen molar-refractivity contribution in [2.45, 2.75) is 12.3 Å². The molecule has 1 aromatic rings. The van der Waals surface area contributed by atoms with E-state index in [1.54, 1.807) is 0 Å². The van der Waals surface area contributed by atoms with Crippen LogP contribution >= 0.6 is 0 Å². The van der Waals surface area contributed by atoms with E-state index in [2.05, 4.69) is 4.74 Å². The predicted molar refractivity (Wildman–Crippen MR) is 49.5 cm³/mol. The predicted octanol–water partition coefficient (Wildman–Crippen LogP) is 2.51. The van der Waals surface area contributed by atoms with Crippen molar-refractivity contribution >= 4 is 5.97 Å². The van der Waals surface area contributed by atoms with Gasteiger partial charge in [0.15, 0.2) is 0 Å². The number of rotatable bonds is 4. The Bertz CT molecular complexity index is 403. The molecule has 0 saturated heterocycles. The fraction of sp³-hybridized carbons (Fsp3) is 0.300. The highest BCUT2D eigenvalue weighted by atomic mass is 19.4. The maximum Gasteiger partial charge on any atom is 0.416 e. The molecule has 0 spiro atoms. The van der Waals surface area contributed by atoms with Crippen LogP contribution < -0.4 is 4.74 Å². The van der Waals surface area contributed by atoms with Gasteiger partial charge in [-0.3, -0.25) is 0 Å². The molecular weight excluding hydrogens is 244 g/mol. The Kier molecular flexibility index (Phi) is 3.93. The van der Waals surface area contributed by atoms with Gasteiger partial charge in [0.1, 0.15) is 12.4 Å². The minimum atomic E-state index is -4.53. The summed E-state index contributed by atoms with van der Waals surface area (Å²) in [4.78, 5) is 10.1. The minimum Gasteiger partial charge on any atom is -0.490 e. The lowest BCUT2D eigenvalue weighted by Gasteiger charge is -2.10. The van der Waals surface area contributed by atoms with Gasteiger partial charge in [-0.25, -0.2) is 9.18 Å². The number of alkyl halides is 4. The third-order valence-electron chi connectivity index (χ3n) is 1.83. The Morgan fingerprint density at radius 2 is 2.06 bits per heavy atom. The zero-order valence-corrected chi connectivity index (χ0v) is 8.37. The summed E-state index contributed by atoms with van der Waals surface area (Å²) in [5.41, 5.74) is -0.944. The van der Waals surface area contributed by atoms with Gasteiger partial charge in [-0.05, 0) is 18.2 Å². The highest BCUT2D eigenvalue weighted by molar-refractivity contribution is 5.72. The first-order valence-corrected chi connectivity index (χ1v) is 4.47. The first-order valence-electron chi connectivity index (χ1n) is 4.47. The van der Waals surface area contributed by atoms with Crippen LogP contribution in [0.15, 0.2) is 24.3 Å². The summed E-state index contributed by atoms with van der Waals surface area (Å²) in [6.45, 7) is -0.837. The quantitative estimate of drug-likeness (QED) is 0.837. The summed E-state index contributed by atoms with van der Waals surface area (Å²) < 4.78 is 54.0. The number of ether oxygens (including phenoxy) is 1. The van der Waals surface area contributed by atoms with E-state index in [1.807, 2.05) is 0 Å². The molecule has 0 aromatic heterocycles. The number of benzene rings is 1. The van der Waals surface area contributed by atoms with Crippen molar-refractivity contribution in [3.05, 3.63) is 29.8 Å². The van der Waals surface area contributed by atoms with Gasteiger partial charge >= 0.3 is 12.1 Å². The van der Waals surface area contributed by atoms with Crippen LogP contribution in [0.5, 0.6) is 5.75 Å². The average molecular weight is 252 g/mol. The summed E-state index contributed by atoms with van der Waals surface area (Å²) in [6.07, 6.45) is -6.80. The fourth-order valence-electron chi connectivity index (χ4n) is 1.00. The molecule has 0 radical (unpaired) electrons. The van der Waals surface area contributed by atoms with Gasteiger partial charge in [0.25, 0.3) is 0 Å². The lowest BCUT2D eigenvalue weighted by molar-refractivity contribution is -0.144. The number of aliphatic carboxylic acids is 1. The van der Waals surface area contributed by atoms with Crippen molar-refractivity contribution in [3.63, 3.8) is 0 Å². The maximum atomic E-state index is 12.6. The molecule has 0 aliphatic rings. The molecule has 0 fully saturated rings. The van der Waals surface area contributed by atoms with E-state index in [0.29, 0.717) is 6.07 Å². The van der Waals surface area contributed by atoms with E-state index >= 15 is 0 Å².